The molecule has 0 aliphatic carbocycles. The molecule has 5 heteroatoms. The van der Waals surface area contributed by atoms with Crippen molar-refractivity contribution in [1.82, 2.24) is 4.90 Å². The Balaban J connectivity index is 2.03. The summed E-state index contributed by atoms with van der Waals surface area (Å²) in [6.45, 7) is 1.14. The van der Waals surface area contributed by atoms with E-state index in [9.17, 15) is 14.3 Å². The molecule has 1 fully saturated rings. The van der Waals surface area contributed by atoms with Crippen molar-refractivity contribution in [3.8, 4) is 5.75 Å². The van der Waals surface area contributed by atoms with Gasteiger partial charge in [0.25, 0.3) is 0 Å². The Morgan fingerprint density at radius 2 is 2.08 bits per heavy atom. The van der Waals surface area contributed by atoms with Crippen LogP contribution in [0, 0.1) is 11.7 Å². The molecule has 132 valence electrons. The summed E-state index contributed by atoms with van der Waals surface area (Å²) in [5.41, 5.74) is 1.46. The molecule has 0 aromatic heterocycles. The maximum atomic E-state index is 14.5. The number of hydrogen-bond acceptors (Lipinski definition) is 3. The molecule has 0 spiro atoms. The zero-order valence-corrected chi connectivity index (χ0v) is 14.2. The lowest BCUT2D eigenvalue weighted by Gasteiger charge is -2.37. The number of methoxy groups -OCH3 is 1. The van der Waals surface area contributed by atoms with Crippen molar-refractivity contribution in [2.24, 2.45) is 5.92 Å². The van der Waals surface area contributed by atoms with E-state index in [1.165, 1.54) is 6.07 Å². The van der Waals surface area contributed by atoms with Gasteiger partial charge in [-0.1, -0.05) is 30.3 Å². The summed E-state index contributed by atoms with van der Waals surface area (Å²) >= 11 is 0. The van der Waals surface area contributed by atoms with Gasteiger partial charge in [0.2, 0.25) is 0 Å². The second-order valence-corrected chi connectivity index (χ2v) is 6.37. The van der Waals surface area contributed by atoms with Crippen molar-refractivity contribution < 1.29 is 19.0 Å². The van der Waals surface area contributed by atoms with Crippen LogP contribution in [0.25, 0.3) is 0 Å². The Morgan fingerprint density at radius 3 is 2.80 bits per heavy atom. The van der Waals surface area contributed by atoms with Crippen molar-refractivity contribution in [2.45, 2.75) is 18.9 Å². The van der Waals surface area contributed by atoms with Crippen LogP contribution in [0.2, 0.25) is 0 Å². The molecular formula is C20H22FNO3. The monoisotopic (exact) mass is 343 g/mol. The number of aliphatic carboxylic acids is 1. The molecule has 2 aromatic rings. The van der Waals surface area contributed by atoms with E-state index < -0.39 is 11.9 Å². The maximum absolute atomic E-state index is 14.5. The first-order valence-corrected chi connectivity index (χ1v) is 8.45. The lowest BCUT2D eigenvalue weighted by molar-refractivity contribution is -0.143. The van der Waals surface area contributed by atoms with Gasteiger partial charge in [-0.05, 0) is 43.1 Å². The molecule has 1 saturated heterocycles. The fourth-order valence-electron chi connectivity index (χ4n) is 3.54. The molecule has 2 unspecified atom stereocenters. The third kappa shape index (κ3) is 3.82. The topological polar surface area (TPSA) is 49.8 Å². The zero-order chi connectivity index (χ0) is 17.8. The predicted octanol–water partition coefficient (Wildman–Crippen LogP) is 3.72. The quantitative estimate of drug-likeness (QED) is 0.899. The SMILES string of the molecule is COc1cccc(C(c2ccccc2F)N2CCCC(C(=O)O)C2)c1. The van der Waals surface area contributed by atoms with E-state index >= 15 is 0 Å². The van der Waals surface area contributed by atoms with Crippen LogP contribution in [0.15, 0.2) is 48.5 Å². The highest BCUT2D eigenvalue weighted by molar-refractivity contribution is 5.70. The van der Waals surface area contributed by atoms with E-state index in [2.05, 4.69) is 4.90 Å². The van der Waals surface area contributed by atoms with Crippen molar-refractivity contribution >= 4 is 5.97 Å². The number of carbonyl (C=O) groups is 1. The van der Waals surface area contributed by atoms with E-state index in [1.54, 1.807) is 19.2 Å². The van der Waals surface area contributed by atoms with Gasteiger partial charge in [-0.3, -0.25) is 9.69 Å². The molecule has 1 aliphatic rings. The number of rotatable bonds is 5. The average Bonchev–Trinajstić information content (AvgIpc) is 2.64. The lowest BCUT2D eigenvalue weighted by atomic mass is 9.91. The molecule has 0 saturated carbocycles. The fourth-order valence-corrected chi connectivity index (χ4v) is 3.54. The van der Waals surface area contributed by atoms with Gasteiger partial charge in [-0.2, -0.15) is 0 Å². The van der Waals surface area contributed by atoms with Gasteiger partial charge in [0.1, 0.15) is 11.6 Å². The highest BCUT2D eigenvalue weighted by atomic mass is 19.1. The number of likely N-dealkylation sites (tertiary alicyclic amines) is 1. The molecule has 2 aromatic carbocycles. The van der Waals surface area contributed by atoms with Gasteiger partial charge < -0.3 is 9.84 Å². The molecule has 0 bridgehead atoms. The average molecular weight is 343 g/mol. The minimum absolute atomic E-state index is 0.284. The molecular weight excluding hydrogens is 321 g/mol. The van der Waals surface area contributed by atoms with E-state index in [1.807, 2.05) is 30.3 Å². The minimum Gasteiger partial charge on any atom is -0.497 e. The smallest absolute Gasteiger partial charge is 0.307 e. The van der Waals surface area contributed by atoms with Crippen molar-refractivity contribution in [3.63, 3.8) is 0 Å². The van der Waals surface area contributed by atoms with E-state index in [0.29, 0.717) is 24.3 Å². The number of carboxylic acid groups (broad SMARTS) is 1. The fraction of sp³-hybridized carbons (Fsp3) is 0.350. The number of halogens is 1. The summed E-state index contributed by atoms with van der Waals surface area (Å²) in [6.07, 6.45) is 1.44. The van der Waals surface area contributed by atoms with Gasteiger partial charge in [-0.25, -0.2) is 4.39 Å². The van der Waals surface area contributed by atoms with Crippen molar-refractivity contribution in [2.75, 3.05) is 20.2 Å². The largest absolute Gasteiger partial charge is 0.497 e. The van der Waals surface area contributed by atoms with Gasteiger partial charge >= 0.3 is 5.97 Å². The first-order valence-electron chi connectivity index (χ1n) is 8.45. The second kappa shape index (κ2) is 7.66. The molecule has 1 heterocycles. The number of hydrogen-bond donors (Lipinski definition) is 1. The van der Waals surface area contributed by atoms with Gasteiger partial charge in [0.05, 0.1) is 19.1 Å². The Kier molecular flexibility index (Phi) is 5.34. The number of piperidine rings is 1. The molecule has 1 aliphatic heterocycles. The van der Waals surface area contributed by atoms with Crippen LogP contribution in [0.3, 0.4) is 0 Å². The van der Waals surface area contributed by atoms with Crippen molar-refractivity contribution in [1.29, 1.82) is 0 Å². The van der Waals surface area contributed by atoms with Crippen LogP contribution in [0.4, 0.5) is 4.39 Å². The Hall–Kier alpha value is -2.40. The van der Waals surface area contributed by atoms with Crippen LogP contribution in [0.1, 0.15) is 30.0 Å². The third-order valence-corrected chi connectivity index (χ3v) is 4.78. The summed E-state index contributed by atoms with van der Waals surface area (Å²) in [6, 6.07) is 13.9. The zero-order valence-electron chi connectivity index (χ0n) is 14.2. The lowest BCUT2D eigenvalue weighted by Crippen LogP contribution is -2.41. The molecule has 2 atom stereocenters. The van der Waals surface area contributed by atoms with Crippen LogP contribution in [-0.4, -0.2) is 36.2 Å². The molecule has 3 rings (SSSR count). The number of ether oxygens (including phenoxy) is 1. The van der Waals surface area contributed by atoms with Gasteiger partial charge in [0, 0.05) is 12.1 Å². The van der Waals surface area contributed by atoms with Gasteiger partial charge in [0.15, 0.2) is 0 Å². The molecule has 1 N–H and O–H groups in total. The molecule has 0 amide bonds. The second-order valence-electron chi connectivity index (χ2n) is 6.37. The number of nitrogens with zero attached hydrogens (tertiary/aromatic N) is 1. The Bertz CT molecular complexity index is 749. The summed E-state index contributed by atoms with van der Waals surface area (Å²) in [5.74, 6) is -0.797. The first kappa shape index (κ1) is 17.4. The highest BCUT2D eigenvalue weighted by Gasteiger charge is 2.32. The first-order chi connectivity index (χ1) is 12.1. The van der Waals surface area contributed by atoms with Gasteiger partial charge in [-0.15, -0.1) is 0 Å². The molecule has 25 heavy (non-hydrogen) atoms. The molecule has 4 nitrogen and oxygen atoms in total. The maximum Gasteiger partial charge on any atom is 0.307 e. The normalized spacial score (nSPS) is 19.4. The van der Waals surface area contributed by atoms with E-state index in [-0.39, 0.29) is 11.9 Å². The summed E-state index contributed by atoms with van der Waals surface area (Å²) in [4.78, 5) is 13.5. The third-order valence-electron chi connectivity index (χ3n) is 4.78. The number of carboxylic acids is 1. The van der Waals surface area contributed by atoms with Crippen LogP contribution >= 0.6 is 0 Å². The standard InChI is InChI=1S/C20H22FNO3/c1-25-16-8-4-6-14(12-16)19(17-9-2-3-10-18(17)21)22-11-5-7-15(13-22)20(23)24/h2-4,6,8-10,12,15,19H,5,7,11,13H2,1H3,(H,23,24). The minimum atomic E-state index is -0.789. The summed E-state index contributed by atoms with van der Waals surface area (Å²) in [5, 5.41) is 9.39. The predicted molar refractivity (Wildman–Crippen MR) is 93.2 cm³/mol. The van der Waals surface area contributed by atoms with Crippen molar-refractivity contribution in [3.05, 3.63) is 65.5 Å². The Morgan fingerprint density at radius 1 is 1.28 bits per heavy atom. The summed E-state index contributed by atoms with van der Waals surface area (Å²) < 4.78 is 19.9. The van der Waals surface area contributed by atoms with Crippen LogP contribution < -0.4 is 4.74 Å². The molecule has 0 radical (unpaired) electrons. The highest BCUT2D eigenvalue weighted by Crippen LogP contribution is 2.35. The van der Waals surface area contributed by atoms with Crippen LogP contribution in [0.5, 0.6) is 5.75 Å². The Labute approximate surface area is 146 Å². The number of benzene rings is 2. The van der Waals surface area contributed by atoms with Crippen LogP contribution in [-0.2, 0) is 4.79 Å². The summed E-state index contributed by atoms with van der Waals surface area (Å²) in [7, 11) is 1.60. The van der Waals surface area contributed by atoms with E-state index in [4.69, 9.17) is 4.74 Å². The van der Waals surface area contributed by atoms with E-state index in [0.717, 1.165) is 18.5 Å².